The molecule has 0 aliphatic heterocycles. The molecular formula is C19H25NO3. The zero-order valence-corrected chi connectivity index (χ0v) is 13.9. The zero-order valence-electron chi connectivity index (χ0n) is 13.9. The van der Waals surface area contributed by atoms with Crippen LogP contribution in [0.5, 0.6) is 5.75 Å². The van der Waals surface area contributed by atoms with E-state index in [1.54, 1.807) is 7.11 Å². The van der Waals surface area contributed by atoms with Crippen molar-refractivity contribution in [2.24, 2.45) is 22.4 Å². The smallest absolute Gasteiger partial charge is 0.150 e. The van der Waals surface area contributed by atoms with Crippen LogP contribution in [0.15, 0.2) is 17.3 Å². The van der Waals surface area contributed by atoms with E-state index < -0.39 is 0 Å². The van der Waals surface area contributed by atoms with E-state index in [4.69, 9.17) is 4.74 Å². The maximum atomic E-state index is 11.0. The topological polar surface area (TPSA) is 58.9 Å². The Hall–Kier alpha value is -1.42. The molecule has 0 radical (unpaired) electrons. The first-order valence-corrected chi connectivity index (χ1v) is 8.80. The molecule has 0 aromatic heterocycles. The molecule has 0 saturated heterocycles. The number of aliphatic hydroxyl groups excluding tert-OH is 1. The Kier molecular flexibility index (Phi) is 3.49. The van der Waals surface area contributed by atoms with Crippen LogP contribution < -0.4 is 4.74 Å². The fraction of sp³-hybridized carbons (Fsp3) is 0.684. The van der Waals surface area contributed by atoms with Crippen LogP contribution in [-0.2, 0) is 6.42 Å². The number of benzene rings is 1. The lowest BCUT2D eigenvalue weighted by molar-refractivity contribution is -0.0226. The van der Waals surface area contributed by atoms with Crippen LogP contribution in [0.2, 0.25) is 0 Å². The van der Waals surface area contributed by atoms with Gasteiger partial charge in [0, 0.05) is 0 Å². The first-order chi connectivity index (χ1) is 11.1. The van der Waals surface area contributed by atoms with Gasteiger partial charge in [0.1, 0.15) is 11.4 Å². The summed E-state index contributed by atoms with van der Waals surface area (Å²) >= 11 is 0. The summed E-state index contributed by atoms with van der Waals surface area (Å²) in [6.07, 6.45) is 6.36. The number of nitroso groups, excluding NO2 is 1. The van der Waals surface area contributed by atoms with E-state index in [1.807, 2.05) is 6.07 Å². The van der Waals surface area contributed by atoms with Gasteiger partial charge < -0.3 is 9.84 Å². The number of ether oxygens (including phenoxy) is 1. The largest absolute Gasteiger partial charge is 0.494 e. The number of aryl methyl sites for hydroxylation is 1. The summed E-state index contributed by atoms with van der Waals surface area (Å²) in [5.74, 6) is 2.41. The third-order valence-corrected chi connectivity index (χ3v) is 7.07. The van der Waals surface area contributed by atoms with Crippen LogP contribution in [0.3, 0.4) is 0 Å². The molecule has 3 aliphatic carbocycles. The molecule has 4 rings (SSSR count). The second-order valence-corrected chi connectivity index (χ2v) is 7.87. The molecule has 1 aromatic rings. The maximum Gasteiger partial charge on any atom is 0.150 e. The summed E-state index contributed by atoms with van der Waals surface area (Å²) in [6, 6.07) is 3.98. The van der Waals surface area contributed by atoms with Crippen molar-refractivity contribution >= 4 is 5.69 Å². The molecule has 0 bridgehead atoms. The van der Waals surface area contributed by atoms with Gasteiger partial charge in [-0.15, -0.1) is 4.91 Å². The van der Waals surface area contributed by atoms with Crippen LogP contribution in [0.4, 0.5) is 5.69 Å². The van der Waals surface area contributed by atoms with Crippen LogP contribution in [-0.4, -0.2) is 18.3 Å². The second-order valence-electron chi connectivity index (χ2n) is 7.87. The third kappa shape index (κ3) is 2.07. The van der Waals surface area contributed by atoms with Crippen molar-refractivity contribution in [3.05, 3.63) is 28.2 Å². The van der Waals surface area contributed by atoms with Crippen molar-refractivity contribution in [1.82, 2.24) is 0 Å². The molecule has 124 valence electrons. The molecule has 3 aliphatic rings. The highest BCUT2D eigenvalue weighted by atomic mass is 16.5. The van der Waals surface area contributed by atoms with Gasteiger partial charge in [-0.2, -0.15) is 0 Å². The molecule has 5 atom stereocenters. The van der Waals surface area contributed by atoms with Gasteiger partial charge in [0.2, 0.25) is 0 Å². The summed E-state index contributed by atoms with van der Waals surface area (Å²) < 4.78 is 5.37. The fourth-order valence-electron chi connectivity index (χ4n) is 5.79. The Morgan fingerprint density at radius 2 is 2.09 bits per heavy atom. The van der Waals surface area contributed by atoms with Gasteiger partial charge in [-0.3, -0.25) is 0 Å². The van der Waals surface area contributed by atoms with Gasteiger partial charge in [-0.25, -0.2) is 0 Å². The van der Waals surface area contributed by atoms with Crippen LogP contribution in [0.1, 0.15) is 56.1 Å². The molecule has 2 saturated carbocycles. The first kappa shape index (κ1) is 15.1. The summed E-state index contributed by atoms with van der Waals surface area (Å²) in [7, 11) is 1.60. The molecule has 4 nitrogen and oxygen atoms in total. The minimum absolute atomic E-state index is 0.104. The molecular weight excluding hydrogens is 290 g/mol. The van der Waals surface area contributed by atoms with Crippen LogP contribution in [0, 0.1) is 22.2 Å². The molecule has 23 heavy (non-hydrogen) atoms. The Balaban J connectivity index is 1.73. The van der Waals surface area contributed by atoms with Crippen LogP contribution in [0.25, 0.3) is 0 Å². The Bertz CT molecular complexity index is 644. The van der Waals surface area contributed by atoms with Crippen LogP contribution >= 0.6 is 0 Å². The standard InChI is InChI=1S/C19H25NO3/c1-19-8-7-12-13(15(19)5-6-18(19)21)4-3-11-9-16(20-22)17(23-2)10-14(11)12/h9-10,12-13,15,18,21H,3-8H2,1-2H3/t12?,13?,15?,18-,19+/m1/s1. The van der Waals surface area contributed by atoms with Crippen molar-refractivity contribution in [2.75, 3.05) is 7.11 Å². The normalized spacial score (nSPS) is 38.4. The summed E-state index contributed by atoms with van der Waals surface area (Å²) in [6.45, 7) is 2.29. The number of aliphatic hydroxyl groups is 1. The SMILES string of the molecule is COc1cc2c(cc1N=O)CCC1C2CC[C@@]2(C)C1CC[C@H]2O. The van der Waals surface area contributed by atoms with Gasteiger partial charge >= 0.3 is 0 Å². The highest BCUT2D eigenvalue weighted by Gasteiger charge is 2.54. The number of methoxy groups -OCH3 is 1. The van der Waals surface area contributed by atoms with Crippen molar-refractivity contribution in [3.8, 4) is 5.75 Å². The van der Waals surface area contributed by atoms with E-state index in [1.165, 1.54) is 11.1 Å². The number of fused-ring (bicyclic) bond motifs is 5. The first-order valence-electron chi connectivity index (χ1n) is 8.80. The monoisotopic (exact) mass is 315 g/mol. The predicted molar refractivity (Wildman–Crippen MR) is 89.1 cm³/mol. The highest BCUT2D eigenvalue weighted by Crippen LogP contribution is 2.61. The van der Waals surface area contributed by atoms with E-state index in [9.17, 15) is 10.0 Å². The van der Waals surface area contributed by atoms with Gasteiger partial charge in [0.05, 0.1) is 13.2 Å². The van der Waals surface area contributed by atoms with Gasteiger partial charge in [-0.05, 0) is 90.1 Å². The van der Waals surface area contributed by atoms with Gasteiger partial charge in [-0.1, -0.05) is 6.92 Å². The molecule has 1 aromatic carbocycles. The second kappa shape index (κ2) is 5.30. The number of rotatable bonds is 2. The molecule has 0 amide bonds. The summed E-state index contributed by atoms with van der Waals surface area (Å²) in [5, 5.41) is 13.6. The minimum atomic E-state index is -0.133. The quantitative estimate of drug-likeness (QED) is 0.827. The minimum Gasteiger partial charge on any atom is -0.494 e. The van der Waals surface area contributed by atoms with Crippen molar-refractivity contribution < 1.29 is 9.84 Å². The van der Waals surface area contributed by atoms with Gasteiger partial charge in [0.25, 0.3) is 0 Å². The molecule has 3 unspecified atom stereocenters. The average molecular weight is 315 g/mol. The lowest BCUT2D eigenvalue weighted by Gasteiger charge is -2.50. The van der Waals surface area contributed by atoms with Crippen molar-refractivity contribution in [2.45, 2.75) is 57.5 Å². The predicted octanol–water partition coefficient (Wildman–Crippen LogP) is 4.31. The fourth-order valence-corrected chi connectivity index (χ4v) is 5.79. The number of hydrogen-bond donors (Lipinski definition) is 1. The molecule has 0 heterocycles. The zero-order chi connectivity index (χ0) is 16.2. The van der Waals surface area contributed by atoms with Crippen molar-refractivity contribution in [1.29, 1.82) is 0 Å². The summed E-state index contributed by atoms with van der Waals surface area (Å²) in [4.78, 5) is 11.0. The Morgan fingerprint density at radius 3 is 2.83 bits per heavy atom. The van der Waals surface area contributed by atoms with E-state index in [0.717, 1.165) is 38.5 Å². The highest BCUT2D eigenvalue weighted by molar-refractivity contribution is 5.57. The number of nitrogens with zero attached hydrogens (tertiary/aromatic N) is 1. The lowest BCUT2D eigenvalue weighted by atomic mass is 9.55. The molecule has 2 fully saturated rings. The third-order valence-electron chi connectivity index (χ3n) is 7.07. The van der Waals surface area contributed by atoms with Gasteiger partial charge in [0.15, 0.2) is 0 Å². The number of hydrogen-bond acceptors (Lipinski definition) is 4. The van der Waals surface area contributed by atoms with E-state index >= 15 is 0 Å². The lowest BCUT2D eigenvalue weighted by Crippen LogP contribution is -2.43. The van der Waals surface area contributed by atoms with Crippen molar-refractivity contribution in [3.63, 3.8) is 0 Å². The average Bonchev–Trinajstić information content (AvgIpc) is 2.88. The molecule has 0 spiro atoms. The van der Waals surface area contributed by atoms with E-state index in [2.05, 4.69) is 18.2 Å². The van der Waals surface area contributed by atoms with E-state index in [0.29, 0.717) is 29.2 Å². The summed E-state index contributed by atoms with van der Waals surface area (Å²) in [5.41, 5.74) is 3.15. The molecule has 4 heteroatoms. The van der Waals surface area contributed by atoms with E-state index in [-0.39, 0.29) is 11.5 Å². The molecule has 1 N–H and O–H groups in total. The Labute approximate surface area is 137 Å². The Morgan fingerprint density at radius 1 is 1.26 bits per heavy atom. The maximum absolute atomic E-state index is 11.0.